The SMILES string of the molecule is CC(C)c1ccccc1C(C)(C)C.Cc1cc(CN(C)C)cc(C(C)C)c1C(C)C.Cc1cccc(C(C)C)c1C(C)C.Cc1ccnc(C(C)C)c1C(C)C.Cc1ncnc(C(C)C)c1C(C)(C)C. The standard InChI is InChI=1S/C16H27N.2C13H20.C12H20N2.C12H19N/c1-11(2)15-9-14(10-17(6)7)8-13(5)16(15)12(3)4;1-10(2)11-8-6-7-9-12(11)13(3,4)5;1-9(2)12-8-6-7-11(5)13(12)10(3)4;1-8(2)11-10(12(4,5)6)9(3)13-7-14-11;1-8(2)11-10(5)6-7-13-12(11)9(3)4/h8-9,11-12H,10H2,1-7H3;2*6-10H,1-5H3;7-8H,1-6H3;6-9H,1-5H3. The Bertz CT molecular complexity index is 2240. The molecule has 390 valence electrons. The summed E-state index contributed by atoms with van der Waals surface area (Å²) in [6.45, 7) is 59.1. The highest BCUT2D eigenvalue weighted by molar-refractivity contribution is 5.43. The molecule has 0 aliphatic carbocycles. The van der Waals surface area contributed by atoms with Crippen molar-refractivity contribution in [3.8, 4) is 0 Å². The highest BCUT2D eigenvalue weighted by atomic mass is 15.0. The molecule has 0 bridgehead atoms. The number of pyridine rings is 1. The van der Waals surface area contributed by atoms with Crippen LogP contribution in [0, 0.1) is 27.7 Å². The van der Waals surface area contributed by atoms with E-state index >= 15 is 0 Å². The van der Waals surface area contributed by atoms with E-state index in [0.717, 1.165) is 12.2 Å². The topological polar surface area (TPSA) is 41.9 Å². The first-order chi connectivity index (χ1) is 32.2. The van der Waals surface area contributed by atoms with Crippen molar-refractivity contribution in [1.82, 2.24) is 19.9 Å². The molecule has 4 nitrogen and oxygen atoms in total. The van der Waals surface area contributed by atoms with E-state index in [2.05, 4.69) is 275 Å². The molecule has 0 unspecified atom stereocenters. The Morgan fingerprint density at radius 3 is 1.29 bits per heavy atom. The van der Waals surface area contributed by atoms with Crippen molar-refractivity contribution in [2.75, 3.05) is 14.1 Å². The van der Waals surface area contributed by atoms with Crippen molar-refractivity contribution in [2.45, 2.75) is 245 Å². The van der Waals surface area contributed by atoms with Crippen LogP contribution < -0.4 is 0 Å². The normalized spacial score (nSPS) is 11.8. The van der Waals surface area contributed by atoms with Gasteiger partial charge in [0.1, 0.15) is 6.33 Å². The first-order valence-corrected chi connectivity index (χ1v) is 26.9. The number of rotatable bonds is 10. The van der Waals surface area contributed by atoms with Crippen LogP contribution in [0.2, 0.25) is 0 Å². The van der Waals surface area contributed by atoms with Gasteiger partial charge in [-0.25, -0.2) is 9.97 Å². The minimum Gasteiger partial charge on any atom is -0.305 e. The van der Waals surface area contributed by atoms with Gasteiger partial charge in [0.2, 0.25) is 0 Å². The minimum absolute atomic E-state index is 0.130. The van der Waals surface area contributed by atoms with Gasteiger partial charge >= 0.3 is 0 Å². The number of hydrogen-bond donors (Lipinski definition) is 0. The molecule has 70 heavy (non-hydrogen) atoms. The maximum atomic E-state index is 4.46. The second-order valence-corrected chi connectivity index (χ2v) is 24.7. The Morgan fingerprint density at radius 1 is 0.429 bits per heavy atom. The fourth-order valence-electron chi connectivity index (χ4n) is 9.96. The average Bonchev–Trinajstić information content (AvgIpc) is 3.22. The van der Waals surface area contributed by atoms with E-state index in [-0.39, 0.29) is 10.8 Å². The predicted octanol–water partition coefficient (Wildman–Crippen LogP) is 19.5. The van der Waals surface area contributed by atoms with Crippen LogP contribution in [0.1, 0.15) is 284 Å². The molecule has 2 heterocycles. The number of aromatic nitrogens is 3. The third-order valence-electron chi connectivity index (χ3n) is 12.9. The molecule has 0 aliphatic rings. The van der Waals surface area contributed by atoms with Gasteiger partial charge in [0, 0.05) is 29.7 Å². The Hall–Kier alpha value is -4.15. The van der Waals surface area contributed by atoms with E-state index in [4.69, 9.17) is 0 Å². The molecular formula is C66H106N4. The second-order valence-electron chi connectivity index (χ2n) is 24.7. The Kier molecular flexibility index (Phi) is 26.3. The van der Waals surface area contributed by atoms with Gasteiger partial charge < -0.3 is 4.90 Å². The van der Waals surface area contributed by atoms with Crippen LogP contribution in [-0.4, -0.2) is 33.9 Å². The van der Waals surface area contributed by atoms with Gasteiger partial charge in [-0.3, -0.25) is 4.98 Å². The molecule has 4 heteroatoms. The molecule has 0 saturated carbocycles. The maximum absolute atomic E-state index is 4.46. The summed E-state index contributed by atoms with van der Waals surface area (Å²) in [6, 6.07) is 22.2. The number of nitrogens with zero attached hydrogens (tertiary/aromatic N) is 4. The lowest BCUT2D eigenvalue weighted by molar-refractivity contribution is 0.402. The third-order valence-corrected chi connectivity index (χ3v) is 12.9. The summed E-state index contributed by atoms with van der Waals surface area (Å²) in [7, 11) is 4.25. The van der Waals surface area contributed by atoms with Crippen molar-refractivity contribution < 1.29 is 0 Å². The quantitative estimate of drug-likeness (QED) is 0.140. The Morgan fingerprint density at radius 2 is 0.900 bits per heavy atom. The first-order valence-electron chi connectivity index (χ1n) is 26.9. The lowest BCUT2D eigenvalue weighted by Gasteiger charge is -2.25. The molecule has 0 saturated heterocycles. The van der Waals surface area contributed by atoms with Gasteiger partial charge in [0.05, 0.1) is 5.69 Å². The summed E-state index contributed by atoms with van der Waals surface area (Å²) >= 11 is 0. The number of aryl methyl sites for hydroxylation is 4. The van der Waals surface area contributed by atoms with E-state index in [1.165, 1.54) is 72.6 Å². The minimum atomic E-state index is 0.130. The van der Waals surface area contributed by atoms with Crippen molar-refractivity contribution in [1.29, 1.82) is 0 Å². The molecule has 0 atom stereocenters. The molecule has 5 aromatic rings. The molecule has 0 fully saturated rings. The van der Waals surface area contributed by atoms with Crippen LogP contribution in [0.3, 0.4) is 0 Å². The third kappa shape index (κ3) is 19.8. The van der Waals surface area contributed by atoms with Crippen molar-refractivity contribution >= 4 is 0 Å². The molecule has 2 aromatic heterocycles. The van der Waals surface area contributed by atoms with Crippen LogP contribution in [0.5, 0.6) is 0 Å². The Labute approximate surface area is 433 Å². The molecule has 0 spiro atoms. The van der Waals surface area contributed by atoms with Crippen LogP contribution in [-0.2, 0) is 17.4 Å². The van der Waals surface area contributed by atoms with Crippen LogP contribution in [0.15, 0.2) is 73.2 Å². The van der Waals surface area contributed by atoms with E-state index in [1.807, 2.05) is 6.20 Å². The smallest absolute Gasteiger partial charge is 0.115 e. The van der Waals surface area contributed by atoms with Gasteiger partial charge in [-0.15, -0.1) is 0 Å². The van der Waals surface area contributed by atoms with E-state index in [1.54, 1.807) is 11.9 Å². The van der Waals surface area contributed by atoms with Gasteiger partial charge in [0.25, 0.3) is 0 Å². The lowest BCUT2D eigenvalue weighted by Crippen LogP contribution is -2.19. The van der Waals surface area contributed by atoms with Gasteiger partial charge in [-0.05, 0) is 167 Å². The molecular weight excluding hydrogens is 849 g/mol. The fourth-order valence-corrected chi connectivity index (χ4v) is 9.96. The van der Waals surface area contributed by atoms with Gasteiger partial charge in [0.15, 0.2) is 0 Å². The summed E-state index contributed by atoms with van der Waals surface area (Å²) in [4.78, 5) is 15.4. The van der Waals surface area contributed by atoms with Crippen molar-refractivity contribution in [3.05, 3.63) is 157 Å². The molecule has 3 aromatic carbocycles. The number of benzene rings is 3. The summed E-state index contributed by atoms with van der Waals surface area (Å²) < 4.78 is 0. The summed E-state index contributed by atoms with van der Waals surface area (Å²) in [5.74, 6) is 4.68. The van der Waals surface area contributed by atoms with Gasteiger partial charge in [-0.1, -0.05) is 207 Å². The monoisotopic (exact) mass is 955 g/mol. The van der Waals surface area contributed by atoms with Crippen LogP contribution in [0.4, 0.5) is 0 Å². The molecule has 5 rings (SSSR count). The zero-order valence-electron chi connectivity index (χ0n) is 50.5. The van der Waals surface area contributed by atoms with Crippen molar-refractivity contribution in [3.63, 3.8) is 0 Å². The maximum Gasteiger partial charge on any atom is 0.115 e. The van der Waals surface area contributed by atoms with Gasteiger partial charge in [-0.2, -0.15) is 0 Å². The summed E-state index contributed by atoms with van der Waals surface area (Å²) in [5, 5.41) is 0. The predicted molar refractivity (Wildman–Crippen MR) is 312 cm³/mol. The molecule has 0 aliphatic heterocycles. The molecule has 0 radical (unpaired) electrons. The van der Waals surface area contributed by atoms with E-state index in [0.29, 0.717) is 47.3 Å². The van der Waals surface area contributed by atoms with E-state index < -0.39 is 0 Å². The zero-order chi connectivity index (χ0) is 54.2. The average molecular weight is 956 g/mol. The van der Waals surface area contributed by atoms with Crippen LogP contribution >= 0.6 is 0 Å². The zero-order valence-corrected chi connectivity index (χ0v) is 50.5. The molecule has 0 N–H and O–H groups in total. The largest absolute Gasteiger partial charge is 0.305 e. The van der Waals surface area contributed by atoms with E-state index in [9.17, 15) is 0 Å². The van der Waals surface area contributed by atoms with Crippen molar-refractivity contribution in [2.24, 2.45) is 0 Å². The fraction of sp³-hybridized carbons (Fsp3) is 0.591. The highest BCUT2D eigenvalue weighted by Crippen LogP contribution is 2.34. The van der Waals surface area contributed by atoms with Crippen LogP contribution in [0.25, 0.3) is 0 Å². The first kappa shape index (κ1) is 63.9. The highest BCUT2D eigenvalue weighted by Gasteiger charge is 2.23. The second kappa shape index (κ2) is 28.8. The Balaban J connectivity index is 0.000000439. The molecule has 0 amide bonds. The number of hydrogen-bond acceptors (Lipinski definition) is 4. The summed E-state index contributed by atoms with van der Waals surface area (Å²) in [6.07, 6.45) is 3.58. The lowest BCUT2D eigenvalue weighted by atomic mass is 9.81. The summed E-state index contributed by atoms with van der Waals surface area (Å²) in [5.41, 5.74) is 21.4.